The summed E-state index contributed by atoms with van der Waals surface area (Å²) in [7, 11) is -2.08. The van der Waals surface area contributed by atoms with E-state index in [1.807, 2.05) is 4.90 Å². The van der Waals surface area contributed by atoms with Gasteiger partial charge < -0.3 is 19.2 Å². The molecule has 1 saturated heterocycles. The predicted molar refractivity (Wildman–Crippen MR) is 112 cm³/mol. The molecule has 0 unspecified atom stereocenters. The molecule has 3 aromatic rings. The molecular formula is C20H19ClN2O6S. The number of carboxylic acid groups (broad SMARTS) is 1. The molecule has 0 spiro atoms. The van der Waals surface area contributed by atoms with Gasteiger partial charge in [0, 0.05) is 37.6 Å². The number of anilines is 1. The van der Waals surface area contributed by atoms with E-state index in [-0.39, 0.29) is 10.7 Å². The van der Waals surface area contributed by atoms with E-state index in [1.54, 1.807) is 24.3 Å². The highest BCUT2D eigenvalue weighted by Gasteiger charge is 2.29. The van der Waals surface area contributed by atoms with Gasteiger partial charge in [0.1, 0.15) is 11.3 Å². The van der Waals surface area contributed by atoms with Crippen molar-refractivity contribution in [3.05, 3.63) is 53.2 Å². The minimum absolute atomic E-state index is 0.181. The summed E-state index contributed by atoms with van der Waals surface area (Å²) in [6.07, 6.45) is 0. The lowest BCUT2D eigenvalue weighted by atomic mass is 10.2. The van der Waals surface area contributed by atoms with E-state index in [2.05, 4.69) is 0 Å². The average molecular weight is 451 g/mol. The summed E-state index contributed by atoms with van der Waals surface area (Å²) in [6, 6.07) is 11.1. The van der Waals surface area contributed by atoms with E-state index in [0.717, 1.165) is 0 Å². The van der Waals surface area contributed by atoms with Gasteiger partial charge in [-0.1, -0.05) is 11.6 Å². The Morgan fingerprint density at radius 3 is 2.37 bits per heavy atom. The van der Waals surface area contributed by atoms with Crippen LogP contribution in [-0.4, -0.2) is 57.1 Å². The standard InChI is InChI=1S/C20H19ClN2O6S/c1-28-13-2-4-14(5-3-13)30(26,27)23-10-8-22(9-11-23)16-6-7-17-15(19(16)21)12-18(29-17)20(24)25/h2-7,12H,8-11H2,1H3,(H,24,25). The number of piperazine rings is 1. The monoisotopic (exact) mass is 450 g/mol. The van der Waals surface area contributed by atoms with Crippen molar-refractivity contribution in [1.82, 2.24) is 4.31 Å². The van der Waals surface area contributed by atoms with E-state index in [4.69, 9.17) is 25.9 Å². The van der Waals surface area contributed by atoms with E-state index < -0.39 is 16.0 Å². The number of methoxy groups -OCH3 is 1. The zero-order valence-corrected chi connectivity index (χ0v) is 17.6. The number of sulfonamides is 1. The van der Waals surface area contributed by atoms with Crippen molar-refractivity contribution >= 4 is 44.3 Å². The highest BCUT2D eigenvalue weighted by Crippen LogP contribution is 2.36. The molecule has 1 aromatic heterocycles. The molecular weight excluding hydrogens is 432 g/mol. The molecule has 0 aliphatic carbocycles. The van der Waals surface area contributed by atoms with Crippen LogP contribution in [0.5, 0.6) is 5.75 Å². The lowest BCUT2D eigenvalue weighted by Gasteiger charge is -2.35. The van der Waals surface area contributed by atoms with Crippen molar-refractivity contribution in [2.24, 2.45) is 0 Å². The van der Waals surface area contributed by atoms with E-state index in [9.17, 15) is 13.2 Å². The molecule has 1 fully saturated rings. The number of hydrogen-bond acceptors (Lipinski definition) is 6. The zero-order chi connectivity index (χ0) is 21.5. The molecule has 2 heterocycles. The molecule has 0 amide bonds. The van der Waals surface area contributed by atoms with Crippen LogP contribution in [0.25, 0.3) is 11.0 Å². The fraction of sp³-hybridized carbons (Fsp3) is 0.250. The number of rotatable bonds is 5. The highest BCUT2D eigenvalue weighted by molar-refractivity contribution is 7.89. The summed E-state index contributed by atoms with van der Waals surface area (Å²) < 4.78 is 37.6. The number of furan rings is 1. The molecule has 1 aliphatic heterocycles. The topological polar surface area (TPSA) is 100 Å². The number of fused-ring (bicyclic) bond motifs is 1. The first kappa shape index (κ1) is 20.5. The number of carboxylic acids is 1. The molecule has 30 heavy (non-hydrogen) atoms. The first-order valence-electron chi connectivity index (χ1n) is 9.16. The van der Waals surface area contributed by atoms with Crippen molar-refractivity contribution in [3.8, 4) is 5.75 Å². The molecule has 1 aliphatic rings. The van der Waals surface area contributed by atoms with Gasteiger partial charge in [0.05, 0.1) is 22.7 Å². The third kappa shape index (κ3) is 3.60. The first-order valence-corrected chi connectivity index (χ1v) is 11.0. The van der Waals surface area contributed by atoms with Crippen LogP contribution >= 0.6 is 11.6 Å². The average Bonchev–Trinajstić information content (AvgIpc) is 3.20. The molecule has 4 rings (SSSR count). The fourth-order valence-electron chi connectivity index (χ4n) is 3.48. The molecule has 8 nitrogen and oxygen atoms in total. The van der Waals surface area contributed by atoms with E-state index >= 15 is 0 Å². The molecule has 1 N–H and O–H groups in total. The maximum Gasteiger partial charge on any atom is 0.371 e. The van der Waals surface area contributed by atoms with Crippen molar-refractivity contribution in [1.29, 1.82) is 0 Å². The van der Waals surface area contributed by atoms with Crippen LogP contribution in [0.4, 0.5) is 5.69 Å². The van der Waals surface area contributed by atoms with Crippen molar-refractivity contribution in [2.75, 3.05) is 38.2 Å². The maximum absolute atomic E-state index is 12.9. The Hall–Kier alpha value is -2.75. The van der Waals surface area contributed by atoms with Crippen molar-refractivity contribution in [2.45, 2.75) is 4.90 Å². The smallest absolute Gasteiger partial charge is 0.371 e. The Labute approximate surface area is 178 Å². The van der Waals surface area contributed by atoms with Crippen LogP contribution in [-0.2, 0) is 10.0 Å². The summed E-state index contributed by atoms with van der Waals surface area (Å²) in [5.41, 5.74) is 1.10. The summed E-state index contributed by atoms with van der Waals surface area (Å²) in [5, 5.41) is 10.0. The molecule has 0 radical (unpaired) electrons. The fourth-order valence-corrected chi connectivity index (χ4v) is 5.23. The lowest BCUT2D eigenvalue weighted by molar-refractivity contribution is 0.0665. The molecule has 0 saturated carbocycles. The molecule has 10 heteroatoms. The van der Waals surface area contributed by atoms with Gasteiger partial charge >= 0.3 is 5.97 Å². The summed E-state index contributed by atoms with van der Waals surface area (Å²) in [5.74, 6) is -0.755. The summed E-state index contributed by atoms with van der Waals surface area (Å²) in [4.78, 5) is 13.3. The van der Waals surface area contributed by atoms with Gasteiger partial charge in [-0.15, -0.1) is 0 Å². The number of hydrogen-bond donors (Lipinski definition) is 1. The van der Waals surface area contributed by atoms with Gasteiger partial charge in [-0.05, 0) is 36.4 Å². The quantitative estimate of drug-likeness (QED) is 0.636. The summed E-state index contributed by atoms with van der Waals surface area (Å²) in [6.45, 7) is 1.50. The van der Waals surface area contributed by atoms with Crippen LogP contribution in [0.3, 0.4) is 0 Å². The highest BCUT2D eigenvalue weighted by atomic mass is 35.5. The van der Waals surface area contributed by atoms with Gasteiger partial charge in [0.25, 0.3) is 0 Å². The summed E-state index contributed by atoms with van der Waals surface area (Å²) >= 11 is 6.51. The number of halogens is 1. The van der Waals surface area contributed by atoms with Gasteiger partial charge in [-0.25, -0.2) is 13.2 Å². The minimum Gasteiger partial charge on any atom is -0.497 e. The Morgan fingerprint density at radius 2 is 1.77 bits per heavy atom. The number of ether oxygens (including phenoxy) is 1. The minimum atomic E-state index is -3.61. The SMILES string of the molecule is COc1ccc(S(=O)(=O)N2CCN(c3ccc4oc(C(=O)O)cc4c3Cl)CC2)cc1. The predicted octanol–water partition coefficient (Wildman–Crippen LogP) is 3.30. The van der Waals surface area contributed by atoms with Gasteiger partial charge in [-0.3, -0.25) is 0 Å². The van der Waals surface area contributed by atoms with Gasteiger partial charge in [0.15, 0.2) is 0 Å². The molecule has 2 aromatic carbocycles. The lowest BCUT2D eigenvalue weighted by Crippen LogP contribution is -2.48. The van der Waals surface area contributed by atoms with Gasteiger partial charge in [0.2, 0.25) is 15.8 Å². The first-order chi connectivity index (χ1) is 14.3. The molecule has 0 bridgehead atoms. The van der Waals surface area contributed by atoms with Crippen LogP contribution in [0.2, 0.25) is 5.02 Å². The zero-order valence-electron chi connectivity index (χ0n) is 16.0. The Kier molecular flexibility index (Phi) is 5.35. The maximum atomic E-state index is 12.9. The van der Waals surface area contributed by atoms with Crippen molar-refractivity contribution in [3.63, 3.8) is 0 Å². The van der Waals surface area contributed by atoms with Crippen LogP contribution < -0.4 is 9.64 Å². The number of carbonyl (C=O) groups is 1. The largest absolute Gasteiger partial charge is 0.497 e. The Morgan fingerprint density at radius 1 is 1.10 bits per heavy atom. The molecule has 0 atom stereocenters. The second-order valence-electron chi connectivity index (χ2n) is 6.79. The van der Waals surface area contributed by atoms with Crippen LogP contribution in [0.15, 0.2) is 51.8 Å². The third-order valence-electron chi connectivity index (χ3n) is 5.10. The van der Waals surface area contributed by atoms with E-state index in [0.29, 0.717) is 53.6 Å². The van der Waals surface area contributed by atoms with Gasteiger partial charge in [-0.2, -0.15) is 4.31 Å². The van der Waals surface area contributed by atoms with Crippen LogP contribution in [0.1, 0.15) is 10.6 Å². The van der Waals surface area contributed by atoms with Crippen molar-refractivity contribution < 1.29 is 27.5 Å². The third-order valence-corrected chi connectivity index (χ3v) is 7.41. The number of nitrogens with zero attached hydrogens (tertiary/aromatic N) is 2. The number of benzene rings is 2. The number of aromatic carboxylic acids is 1. The Bertz CT molecular complexity index is 1200. The van der Waals surface area contributed by atoms with E-state index in [1.165, 1.54) is 29.6 Å². The second kappa shape index (κ2) is 7.82. The second-order valence-corrected chi connectivity index (χ2v) is 9.11. The normalized spacial score (nSPS) is 15.5. The van der Waals surface area contributed by atoms with Crippen LogP contribution in [0, 0.1) is 0 Å². The Balaban J connectivity index is 1.52. The molecule has 158 valence electrons.